The van der Waals surface area contributed by atoms with Gasteiger partial charge in [0, 0.05) is 12.1 Å². The molecule has 0 atom stereocenters. The first kappa shape index (κ1) is 13.6. The normalized spacial score (nSPS) is 10.7. The molecule has 17 heavy (non-hydrogen) atoms. The van der Waals surface area contributed by atoms with Gasteiger partial charge in [-0.1, -0.05) is 0 Å². The van der Waals surface area contributed by atoms with Gasteiger partial charge in [-0.2, -0.15) is 0 Å². The molecule has 0 saturated carbocycles. The summed E-state index contributed by atoms with van der Waals surface area (Å²) in [5.74, 6) is 0. The second-order valence-corrected chi connectivity index (χ2v) is 3.93. The van der Waals surface area contributed by atoms with Gasteiger partial charge < -0.3 is 9.47 Å². The zero-order valence-electron chi connectivity index (χ0n) is 10.8. The summed E-state index contributed by atoms with van der Waals surface area (Å²) in [5, 5.41) is 0. The second kappa shape index (κ2) is 8.62. The summed E-state index contributed by atoms with van der Waals surface area (Å²) in [5.41, 5.74) is 1.38. The third-order valence-electron chi connectivity index (χ3n) is 2.44. The molecule has 0 unspecified atom stereocenters. The molecule has 0 aromatic carbocycles. The van der Waals surface area contributed by atoms with Crippen molar-refractivity contribution in [3.05, 3.63) is 42.6 Å². The van der Waals surface area contributed by atoms with Crippen molar-refractivity contribution in [3.8, 4) is 0 Å². The number of aromatic nitrogens is 1. The van der Waals surface area contributed by atoms with Gasteiger partial charge in [0.25, 0.3) is 0 Å². The van der Waals surface area contributed by atoms with Gasteiger partial charge in [-0.25, -0.2) is 4.57 Å². The lowest BCUT2D eigenvalue weighted by Gasteiger charge is -2.01. The second-order valence-electron chi connectivity index (χ2n) is 3.93. The maximum absolute atomic E-state index is 5.28. The lowest BCUT2D eigenvalue weighted by atomic mass is 10.1. The number of nitrogens with zero attached hydrogens (tertiary/aromatic N) is 1. The summed E-state index contributed by atoms with van der Waals surface area (Å²) in [7, 11) is 2.03. The Kier molecular flexibility index (Phi) is 6.87. The van der Waals surface area contributed by atoms with E-state index in [-0.39, 0.29) is 0 Å². The van der Waals surface area contributed by atoms with Crippen LogP contribution in [0.15, 0.2) is 37.1 Å². The molecule has 0 fully saturated rings. The maximum atomic E-state index is 5.28. The van der Waals surface area contributed by atoms with Crippen molar-refractivity contribution >= 4 is 0 Å². The highest BCUT2D eigenvalue weighted by Crippen LogP contribution is 2.02. The van der Waals surface area contributed by atoms with Crippen molar-refractivity contribution in [1.29, 1.82) is 0 Å². The number of hydrogen-bond donors (Lipinski definition) is 0. The van der Waals surface area contributed by atoms with E-state index in [0.717, 1.165) is 25.9 Å². The molecular weight excluding hydrogens is 214 g/mol. The van der Waals surface area contributed by atoms with Crippen molar-refractivity contribution in [3.63, 3.8) is 0 Å². The smallest absolute Gasteiger partial charge is 0.168 e. The van der Waals surface area contributed by atoms with Crippen molar-refractivity contribution in [2.75, 3.05) is 13.2 Å². The Morgan fingerprint density at radius 2 is 1.82 bits per heavy atom. The van der Waals surface area contributed by atoms with E-state index in [9.17, 15) is 0 Å². The van der Waals surface area contributed by atoms with Crippen molar-refractivity contribution in [2.45, 2.75) is 26.2 Å². The van der Waals surface area contributed by atoms with E-state index in [1.165, 1.54) is 5.56 Å². The molecule has 0 aliphatic heterocycles. The highest BCUT2D eigenvalue weighted by atomic mass is 16.5. The van der Waals surface area contributed by atoms with Crippen LogP contribution < -0.4 is 4.57 Å². The Morgan fingerprint density at radius 3 is 2.53 bits per heavy atom. The molecule has 1 aromatic rings. The van der Waals surface area contributed by atoms with E-state index >= 15 is 0 Å². The van der Waals surface area contributed by atoms with Crippen LogP contribution in [0.1, 0.15) is 25.3 Å². The molecule has 0 aliphatic rings. The maximum Gasteiger partial charge on any atom is 0.168 e. The van der Waals surface area contributed by atoms with Crippen LogP contribution in [-0.2, 0) is 22.9 Å². The number of aryl methyl sites for hydroxylation is 2. The van der Waals surface area contributed by atoms with E-state index < -0.39 is 0 Å². The first-order chi connectivity index (χ1) is 8.33. The summed E-state index contributed by atoms with van der Waals surface area (Å²) in [6.45, 7) is 3.39. The van der Waals surface area contributed by atoms with Crippen LogP contribution >= 0.6 is 0 Å². The topological polar surface area (TPSA) is 22.3 Å². The molecule has 0 bridgehead atoms. The molecule has 3 nitrogen and oxygen atoms in total. The van der Waals surface area contributed by atoms with E-state index in [2.05, 4.69) is 24.5 Å². The summed E-state index contributed by atoms with van der Waals surface area (Å²) < 4.78 is 12.3. The Bertz CT molecular complexity index is 319. The number of ether oxygens (including phenoxy) is 2. The van der Waals surface area contributed by atoms with Crippen LogP contribution in [0.2, 0.25) is 0 Å². The Labute approximate surface area is 104 Å². The molecule has 94 valence electrons. The molecule has 1 heterocycles. The molecule has 3 heteroatoms. The molecule has 0 aliphatic carbocycles. The van der Waals surface area contributed by atoms with Gasteiger partial charge in [-0.05, 0) is 31.7 Å². The van der Waals surface area contributed by atoms with Crippen LogP contribution in [0.5, 0.6) is 0 Å². The van der Waals surface area contributed by atoms with Gasteiger partial charge in [-0.3, -0.25) is 0 Å². The Hall–Kier alpha value is -1.51. The van der Waals surface area contributed by atoms with Gasteiger partial charge >= 0.3 is 0 Å². The molecule has 0 radical (unpaired) electrons. The first-order valence-electron chi connectivity index (χ1n) is 6.15. The van der Waals surface area contributed by atoms with E-state index in [1.807, 2.05) is 18.5 Å². The summed E-state index contributed by atoms with van der Waals surface area (Å²) >= 11 is 0. The van der Waals surface area contributed by atoms with Crippen molar-refractivity contribution in [1.82, 2.24) is 0 Å². The lowest BCUT2D eigenvalue weighted by Crippen LogP contribution is -2.25. The van der Waals surface area contributed by atoms with Crippen LogP contribution in [0.25, 0.3) is 0 Å². The zero-order chi connectivity index (χ0) is 12.3. The molecule has 0 N–H and O–H groups in total. The minimum absolute atomic E-state index is 0.686. The summed E-state index contributed by atoms with van der Waals surface area (Å²) in [6.07, 6.45) is 10.7. The number of hydrogen-bond acceptors (Lipinski definition) is 2. The van der Waals surface area contributed by atoms with Gasteiger partial charge in [0.15, 0.2) is 12.4 Å². The number of rotatable bonds is 8. The van der Waals surface area contributed by atoms with Crippen molar-refractivity contribution in [2.24, 2.45) is 7.05 Å². The molecule has 0 amide bonds. The fourth-order valence-electron chi connectivity index (χ4n) is 1.46. The number of unbranched alkanes of at least 4 members (excludes halogenated alkanes) is 1. The molecule has 0 spiro atoms. The quantitative estimate of drug-likeness (QED) is 0.393. The fourth-order valence-corrected chi connectivity index (χ4v) is 1.46. The van der Waals surface area contributed by atoms with Crippen molar-refractivity contribution < 1.29 is 14.0 Å². The monoisotopic (exact) mass is 236 g/mol. The van der Waals surface area contributed by atoms with E-state index in [1.54, 1.807) is 12.5 Å². The molecule has 0 saturated heterocycles. The largest absolute Gasteiger partial charge is 0.498 e. The van der Waals surface area contributed by atoms with Gasteiger partial charge in [0.2, 0.25) is 0 Å². The minimum atomic E-state index is 0.686. The SMILES string of the molecule is CCO/C=C/OCCCCc1cc[n+](C)cc1. The zero-order valence-corrected chi connectivity index (χ0v) is 10.8. The highest BCUT2D eigenvalue weighted by molar-refractivity contribution is 5.06. The Morgan fingerprint density at radius 1 is 1.12 bits per heavy atom. The summed E-state index contributed by atoms with van der Waals surface area (Å²) in [4.78, 5) is 0. The van der Waals surface area contributed by atoms with E-state index in [4.69, 9.17) is 9.47 Å². The first-order valence-corrected chi connectivity index (χ1v) is 6.15. The highest BCUT2D eigenvalue weighted by Gasteiger charge is 1.96. The third-order valence-corrected chi connectivity index (χ3v) is 2.44. The molecular formula is C14H22NO2+. The summed E-state index contributed by atoms with van der Waals surface area (Å²) in [6, 6.07) is 4.33. The minimum Gasteiger partial charge on any atom is -0.498 e. The van der Waals surface area contributed by atoms with Gasteiger partial charge in [0.05, 0.1) is 13.2 Å². The average Bonchev–Trinajstić information content (AvgIpc) is 2.35. The molecule has 1 rings (SSSR count). The van der Waals surface area contributed by atoms with Crippen LogP contribution in [0.4, 0.5) is 0 Å². The van der Waals surface area contributed by atoms with Crippen LogP contribution in [0.3, 0.4) is 0 Å². The lowest BCUT2D eigenvalue weighted by molar-refractivity contribution is -0.671. The van der Waals surface area contributed by atoms with Crippen LogP contribution in [0, 0.1) is 0 Å². The number of pyridine rings is 1. The van der Waals surface area contributed by atoms with Gasteiger partial charge in [-0.15, -0.1) is 0 Å². The molecule has 1 aromatic heterocycles. The predicted octanol–water partition coefficient (Wildman–Crippen LogP) is 2.36. The predicted molar refractivity (Wildman–Crippen MR) is 67.3 cm³/mol. The fraction of sp³-hybridized carbons (Fsp3) is 0.500. The Balaban J connectivity index is 2.02. The average molecular weight is 236 g/mol. The van der Waals surface area contributed by atoms with Crippen LogP contribution in [-0.4, -0.2) is 13.2 Å². The third kappa shape index (κ3) is 6.61. The van der Waals surface area contributed by atoms with E-state index in [0.29, 0.717) is 6.61 Å². The standard InChI is InChI=1S/C14H22NO2/c1-3-16-12-13-17-11-5-4-6-14-7-9-15(2)10-8-14/h7-10,12-13H,3-6,11H2,1-2H3/q+1/b13-12+. The van der Waals surface area contributed by atoms with Gasteiger partial charge in [0.1, 0.15) is 19.6 Å².